The summed E-state index contributed by atoms with van der Waals surface area (Å²) in [6, 6.07) is 9.40. The van der Waals surface area contributed by atoms with Crippen LogP contribution in [0.5, 0.6) is 0 Å². The molecule has 1 N–H and O–H groups in total. The molecule has 5 nitrogen and oxygen atoms in total. The molecule has 0 saturated carbocycles. The largest absolute Gasteiger partial charge is 0.437 e. The molecule has 0 atom stereocenters. The standard InChI is InChI=1S/C22H20F3N3O2/c23-16-3-1-2-14(10-16)12-26-21(29)22-27-19-6-8-28(9-7-20(19)30-22)13-15-11-17(24)4-5-18(15)25/h1-5,10-11H,6-9,12-13H2,(H,26,29). The summed E-state index contributed by atoms with van der Waals surface area (Å²) >= 11 is 0. The van der Waals surface area contributed by atoms with Gasteiger partial charge in [0.2, 0.25) is 0 Å². The molecular formula is C22H20F3N3O2. The third-order valence-electron chi connectivity index (χ3n) is 5.04. The highest BCUT2D eigenvalue weighted by Gasteiger charge is 2.23. The fourth-order valence-corrected chi connectivity index (χ4v) is 3.47. The summed E-state index contributed by atoms with van der Waals surface area (Å²) < 4.78 is 46.2. The average Bonchev–Trinajstić information content (AvgIpc) is 3.05. The van der Waals surface area contributed by atoms with Crippen LogP contribution >= 0.6 is 0 Å². The van der Waals surface area contributed by atoms with E-state index in [-0.39, 0.29) is 24.8 Å². The highest BCUT2D eigenvalue weighted by atomic mass is 19.1. The van der Waals surface area contributed by atoms with Crippen molar-refractivity contribution in [1.29, 1.82) is 0 Å². The Balaban J connectivity index is 1.36. The Morgan fingerprint density at radius 3 is 2.70 bits per heavy atom. The summed E-state index contributed by atoms with van der Waals surface area (Å²) in [5.41, 5.74) is 1.63. The van der Waals surface area contributed by atoms with Gasteiger partial charge in [-0.1, -0.05) is 12.1 Å². The van der Waals surface area contributed by atoms with Gasteiger partial charge in [0, 0.05) is 44.6 Å². The van der Waals surface area contributed by atoms with Crippen LogP contribution in [0.2, 0.25) is 0 Å². The molecular weight excluding hydrogens is 395 g/mol. The minimum Gasteiger partial charge on any atom is -0.437 e. The van der Waals surface area contributed by atoms with Crippen molar-refractivity contribution in [2.24, 2.45) is 0 Å². The van der Waals surface area contributed by atoms with Gasteiger partial charge >= 0.3 is 5.91 Å². The average molecular weight is 415 g/mol. The summed E-state index contributed by atoms with van der Waals surface area (Å²) in [5, 5.41) is 2.67. The first-order valence-electron chi connectivity index (χ1n) is 9.65. The minimum absolute atomic E-state index is 0.0268. The predicted molar refractivity (Wildman–Crippen MR) is 103 cm³/mol. The predicted octanol–water partition coefficient (Wildman–Crippen LogP) is 3.62. The number of carbonyl (C=O) groups is 1. The van der Waals surface area contributed by atoms with Crippen molar-refractivity contribution in [2.75, 3.05) is 13.1 Å². The van der Waals surface area contributed by atoms with Crippen LogP contribution in [0.25, 0.3) is 0 Å². The van der Waals surface area contributed by atoms with E-state index >= 15 is 0 Å². The van der Waals surface area contributed by atoms with E-state index in [1.165, 1.54) is 18.2 Å². The van der Waals surface area contributed by atoms with Crippen LogP contribution in [-0.4, -0.2) is 28.9 Å². The van der Waals surface area contributed by atoms with Crippen LogP contribution in [0.1, 0.15) is 33.3 Å². The third-order valence-corrected chi connectivity index (χ3v) is 5.04. The molecule has 8 heteroatoms. The number of aromatic nitrogens is 1. The number of rotatable bonds is 5. The van der Waals surface area contributed by atoms with Gasteiger partial charge in [0.05, 0.1) is 5.69 Å². The Bertz CT molecular complexity index is 1040. The van der Waals surface area contributed by atoms with Gasteiger partial charge < -0.3 is 9.73 Å². The Kier molecular flexibility index (Phi) is 5.85. The number of nitrogens with zero attached hydrogens (tertiary/aromatic N) is 2. The second-order valence-electron chi connectivity index (χ2n) is 7.21. The van der Waals surface area contributed by atoms with Crippen molar-refractivity contribution in [2.45, 2.75) is 25.9 Å². The lowest BCUT2D eigenvalue weighted by molar-refractivity contribution is 0.0914. The summed E-state index contributed by atoms with van der Waals surface area (Å²) in [6.45, 7) is 1.60. The van der Waals surface area contributed by atoms with Crippen molar-refractivity contribution in [3.63, 3.8) is 0 Å². The molecule has 30 heavy (non-hydrogen) atoms. The van der Waals surface area contributed by atoms with Crippen molar-refractivity contribution in [3.05, 3.63) is 88.4 Å². The van der Waals surface area contributed by atoms with Crippen molar-refractivity contribution in [3.8, 4) is 0 Å². The first kappa shape index (κ1) is 20.2. The van der Waals surface area contributed by atoms with E-state index in [4.69, 9.17) is 4.42 Å². The first-order chi connectivity index (χ1) is 14.5. The van der Waals surface area contributed by atoms with Crippen LogP contribution < -0.4 is 5.32 Å². The monoisotopic (exact) mass is 415 g/mol. The smallest absolute Gasteiger partial charge is 0.307 e. The van der Waals surface area contributed by atoms with Crippen molar-refractivity contribution in [1.82, 2.24) is 15.2 Å². The molecule has 4 rings (SSSR count). The van der Waals surface area contributed by atoms with E-state index in [9.17, 15) is 18.0 Å². The van der Waals surface area contributed by atoms with E-state index < -0.39 is 17.5 Å². The van der Waals surface area contributed by atoms with E-state index in [0.717, 1.165) is 12.1 Å². The van der Waals surface area contributed by atoms with Crippen molar-refractivity contribution >= 4 is 5.91 Å². The van der Waals surface area contributed by atoms with E-state index in [1.807, 2.05) is 4.90 Å². The van der Waals surface area contributed by atoms with Crippen LogP contribution in [-0.2, 0) is 25.9 Å². The second kappa shape index (κ2) is 8.71. The molecule has 0 bridgehead atoms. The maximum atomic E-state index is 13.9. The number of hydrogen-bond donors (Lipinski definition) is 1. The highest BCUT2D eigenvalue weighted by Crippen LogP contribution is 2.20. The lowest BCUT2D eigenvalue weighted by Gasteiger charge is -2.19. The second-order valence-corrected chi connectivity index (χ2v) is 7.21. The summed E-state index contributed by atoms with van der Waals surface area (Å²) in [6.07, 6.45) is 1.05. The molecule has 1 aliphatic rings. The molecule has 0 fully saturated rings. The quantitative estimate of drug-likeness (QED) is 0.692. The van der Waals surface area contributed by atoms with Gasteiger partial charge in [-0.15, -0.1) is 0 Å². The molecule has 0 saturated heterocycles. The molecule has 0 aliphatic carbocycles. The third kappa shape index (κ3) is 4.71. The van der Waals surface area contributed by atoms with Crippen LogP contribution in [0.4, 0.5) is 13.2 Å². The Morgan fingerprint density at radius 2 is 1.87 bits per heavy atom. The number of amides is 1. The van der Waals surface area contributed by atoms with Gasteiger partial charge in [0.25, 0.3) is 5.89 Å². The molecule has 0 spiro atoms. The number of carbonyl (C=O) groups excluding carboxylic acids is 1. The lowest BCUT2D eigenvalue weighted by atomic mass is 10.2. The molecule has 2 aromatic carbocycles. The molecule has 0 radical (unpaired) electrons. The van der Waals surface area contributed by atoms with Crippen molar-refractivity contribution < 1.29 is 22.4 Å². The van der Waals surface area contributed by atoms with Gasteiger partial charge in [0.1, 0.15) is 23.2 Å². The van der Waals surface area contributed by atoms with Crippen LogP contribution in [0.15, 0.2) is 46.9 Å². The number of benzene rings is 2. The summed E-state index contributed by atoms with van der Waals surface area (Å²) in [7, 11) is 0. The maximum absolute atomic E-state index is 13.9. The van der Waals surface area contributed by atoms with Gasteiger partial charge in [-0.2, -0.15) is 0 Å². The molecule has 156 valence electrons. The fourth-order valence-electron chi connectivity index (χ4n) is 3.47. The zero-order valence-corrected chi connectivity index (χ0v) is 16.1. The van der Waals surface area contributed by atoms with E-state index in [2.05, 4.69) is 10.3 Å². The SMILES string of the molecule is O=C(NCc1cccc(F)c1)c1nc2c(o1)CCN(Cc1cc(F)ccc1F)CC2. The van der Waals surface area contributed by atoms with Gasteiger partial charge in [-0.25, -0.2) is 18.2 Å². The number of hydrogen-bond acceptors (Lipinski definition) is 4. The lowest BCUT2D eigenvalue weighted by Crippen LogP contribution is -2.27. The van der Waals surface area contributed by atoms with Crippen LogP contribution in [0, 0.1) is 17.5 Å². The normalized spacial score (nSPS) is 14.2. The maximum Gasteiger partial charge on any atom is 0.307 e. The summed E-state index contributed by atoms with van der Waals surface area (Å²) in [4.78, 5) is 18.6. The fraction of sp³-hybridized carbons (Fsp3) is 0.273. The molecule has 1 aromatic heterocycles. The molecule has 3 aromatic rings. The molecule has 2 heterocycles. The molecule has 1 amide bonds. The Morgan fingerprint density at radius 1 is 1.07 bits per heavy atom. The molecule has 1 aliphatic heterocycles. The van der Waals surface area contributed by atoms with Crippen LogP contribution in [0.3, 0.4) is 0 Å². The van der Waals surface area contributed by atoms with E-state index in [1.54, 1.807) is 12.1 Å². The number of halogens is 3. The number of oxazole rings is 1. The summed E-state index contributed by atoms with van der Waals surface area (Å²) in [5.74, 6) is -1.15. The van der Waals surface area contributed by atoms with Gasteiger partial charge in [-0.05, 0) is 35.9 Å². The van der Waals surface area contributed by atoms with E-state index in [0.29, 0.717) is 48.5 Å². The highest BCUT2D eigenvalue weighted by molar-refractivity contribution is 5.89. The Hall–Kier alpha value is -3.13. The topological polar surface area (TPSA) is 58.4 Å². The first-order valence-corrected chi connectivity index (χ1v) is 9.65. The number of fused-ring (bicyclic) bond motifs is 1. The molecule has 0 unspecified atom stereocenters. The Labute approximate surface area is 171 Å². The zero-order valence-electron chi connectivity index (χ0n) is 16.1. The zero-order chi connectivity index (χ0) is 21.1. The minimum atomic E-state index is -0.469. The number of nitrogens with one attached hydrogen (secondary N) is 1. The van der Waals surface area contributed by atoms with Gasteiger partial charge in [0.15, 0.2) is 0 Å². The van der Waals surface area contributed by atoms with Gasteiger partial charge in [-0.3, -0.25) is 9.69 Å².